The van der Waals surface area contributed by atoms with Crippen molar-refractivity contribution in [3.63, 3.8) is 0 Å². The number of aromatic nitrogens is 2. The molecule has 1 aliphatic carbocycles. The number of fused-ring (bicyclic) bond motifs is 1. The van der Waals surface area contributed by atoms with E-state index in [0.717, 1.165) is 36.7 Å². The Bertz CT molecular complexity index is 1170. The zero-order chi connectivity index (χ0) is 20.7. The molecule has 7 nitrogen and oxygen atoms in total. The van der Waals surface area contributed by atoms with E-state index >= 15 is 0 Å². The quantitative estimate of drug-likeness (QED) is 0.700. The molecular formula is C23H24N4O3. The van der Waals surface area contributed by atoms with E-state index in [4.69, 9.17) is 0 Å². The molecule has 2 heterocycles. The molecule has 7 heteroatoms. The van der Waals surface area contributed by atoms with Crippen LogP contribution in [0.15, 0.2) is 53.3 Å². The third kappa shape index (κ3) is 3.51. The number of carbonyl (C=O) groups excluding carboxylic acids is 2. The fourth-order valence-electron chi connectivity index (χ4n) is 4.27. The number of H-pyrrole nitrogens is 1. The molecule has 2 aromatic carbocycles. The van der Waals surface area contributed by atoms with Crippen LogP contribution in [0.5, 0.6) is 0 Å². The van der Waals surface area contributed by atoms with Crippen molar-refractivity contribution in [1.29, 1.82) is 0 Å². The van der Waals surface area contributed by atoms with Gasteiger partial charge < -0.3 is 15.2 Å². The van der Waals surface area contributed by atoms with Gasteiger partial charge >= 0.3 is 5.69 Å². The summed E-state index contributed by atoms with van der Waals surface area (Å²) in [5.74, 6) is 0.114. The Labute approximate surface area is 173 Å². The van der Waals surface area contributed by atoms with Gasteiger partial charge in [-0.05, 0) is 56.0 Å². The molecule has 0 unspecified atom stereocenters. The van der Waals surface area contributed by atoms with E-state index in [1.165, 1.54) is 0 Å². The van der Waals surface area contributed by atoms with Gasteiger partial charge in [0, 0.05) is 36.3 Å². The maximum Gasteiger partial charge on any atom is 0.326 e. The summed E-state index contributed by atoms with van der Waals surface area (Å²) in [5, 5.41) is 2.90. The second-order valence-electron chi connectivity index (χ2n) is 8.19. The summed E-state index contributed by atoms with van der Waals surface area (Å²) in [6.07, 6.45) is 3.34. The molecule has 0 spiro atoms. The summed E-state index contributed by atoms with van der Waals surface area (Å²) in [4.78, 5) is 42.2. The van der Waals surface area contributed by atoms with Gasteiger partial charge in [-0.25, -0.2) is 4.79 Å². The number of piperidine rings is 1. The zero-order valence-electron chi connectivity index (χ0n) is 16.6. The minimum absolute atomic E-state index is 0.0320. The molecule has 2 N–H and O–H groups in total. The van der Waals surface area contributed by atoms with Crippen molar-refractivity contribution in [3.8, 4) is 0 Å². The summed E-state index contributed by atoms with van der Waals surface area (Å²) in [5.41, 5.74) is 2.89. The van der Waals surface area contributed by atoms with Crippen molar-refractivity contribution in [2.24, 2.45) is 5.92 Å². The molecular weight excluding hydrogens is 380 g/mol. The molecule has 0 bridgehead atoms. The van der Waals surface area contributed by atoms with E-state index in [0.29, 0.717) is 24.3 Å². The molecule has 1 saturated carbocycles. The SMILES string of the molecule is O=C(Nc1cccc(C(=O)N2CCC(n3c(=O)[nH]c4ccccc43)CC2)c1)C1CC1. The molecule has 1 saturated heterocycles. The van der Waals surface area contributed by atoms with Crippen LogP contribution in [0.2, 0.25) is 0 Å². The molecule has 2 aliphatic rings. The largest absolute Gasteiger partial charge is 0.338 e. The molecule has 30 heavy (non-hydrogen) atoms. The first kappa shape index (κ1) is 18.7. The maximum atomic E-state index is 13.0. The van der Waals surface area contributed by atoms with Crippen LogP contribution in [0.25, 0.3) is 11.0 Å². The number of carbonyl (C=O) groups is 2. The number of likely N-dealkylation sites (tertiary alicyclic amines) is 1. The third-order valence-corrected chi connectivity index (χ3v) is 6.07. The van der Waals surface area contributed by atoms with E-state index in [1.807, 2.05) is 39.8 Å². The second kappa shape index (κ2) is 7.48. The van der Waals surface area contributed by atoms with Crippen LogP contribution in [-0.4, -0.2) is 39.4 Å². The molecule has 5 rings (SSSR count). The molecule has 1 aliphatic heterocycles. The van der Waals surface area contributed by atoms with Crippen LogP contribution in [-0.2, 0) is 4.79 Å². The Morgan fingerprint density at radius 2 is 1.73 bits per heavy atom. The van der Waals surface area contributed by atoms with Crippen LogP contribution >= 0.6 is 0 Å². The standard InChI is InChI=1S/C23H24N4O3/c28-21(15-8-9-15)24-17-5-3-4-16(14-17)22(29)26-12-10-18(11-13-26)27-20-7-2-1-6-19(20)25-23(27)30/h1-7,14-15,18H,8-13H2,(H,24,28)(H,25,30). The lowest BCUT2D eigenvalue weighted by Crippen LogP contribution is -2.40. The first-order chi connectivity index (χ1) is 14.6. The Kier molecular flexibility index (Phi) is 4.65. The van der Waals surface area contributed by atoms with Crippen LogP contribution in [0.1, 0.15) is 42.1 Å². The smallest absolute Gasteiger partial charge is 0.326 e. The number of nitrogens with zero attached hydrogens (tertiary/aromatic N) is 2. The molecule has 3 aromatic rings. The molecule has 2 amide bonds. The van der Waals surface area contributed by atoms with Crippen molar-refractivity contribution in [3.05, 3.63) is 64.6 Å². The molecule has 154 valence electrons. The number of nitrogens with one attached hydrogen (secondary N) is 2. The van der Waals surface area contributed by atoms with Crippen LogP contribution < -0.4 is 11.0 Å². The van der Waals surface area contributed by atoms with Gasteiger partial charge in [-0.15, -0.1) is 0 Å². The van der Waals surface area contributed by atoms with Crippen LogP contribution in [0, 0.1) is 5.92 Å². The predicted octanol–water partition coefficient (Wildman–Crippen LogP) is 3.16. The molecule has 0 atom stereocenters. The van der Waals surface area contributed by atoms with Crippen LogP contribution in [0.3, 0.4) is 0 Å². The van der Waals surface area contributed by atoms with Crippen molar-refractivity contribution >= 4 is 28.5 Å². The average Bonchev–Trinajstić information content (AvgIpc) is 3.56. The lowest BCUT2D eigenvalue weighted by Gasteiger charge is -2.32. The minimum Gasteiger partial charge on any atom is -0.338 e. The zero-order valence-corrected chi connectivity index (χ0v) is 16.6. The third-order valence-electron chi connectivity index (χ3n) is 6.07. The lowest BCUT2D eigenvalue weighted by molar-refractivity contribution is -0.117. The minimum atomic E-state index is -0.0971. The number of hydrogen-bond donors (Lipinski definition) is 2. The highest BCUT2D eigenvalue weighted by molar-refractivity contribution is 5.98. The molecule has 1 aromatic heterocycles. The van der Waals surface area contributed by atoms with Gasteiger partial charge in [-0.3, -0.25) is 14.2 Å². The number of aromatic amines is 1. The van der Waals surface area contributed by atoms with E-state index in [9.17, 15) is 14.4 Å². The first-order valence-corrected chi connectivity index (χ1v) is 10.5. The summed E-state index contributed by atoms with van der Waals surface area (Å²) in [6.45, 7) is 1.18. The number of amides is 2. The van der Waals surface area contributed by atoms with Gasteiger partial charge in [-0.2, -0.15) is 0 Å². The molecule has 0 radical (unpaired) electrons. The number of hydrogen-bond acceptors (Lipinski definition) is 3. The van der Waals surface area contributed by atoms with Crippen LogP contribution in [0.4, 0.5) is 5.69 Å². The van der Waals surface area contributed by atoms with E-state index in [1.54, 1.807) is 18.2 Å². The fraction of sp³-hybridized carbons (Fsp3) is 0.348. The normalized spacial score (nSPS) is 17.3. The monoisotopic (exact) mass is 404 g/mol. The second-order valence-corrected chi connectivity index (χ2v) is 8.19. The average molecular weight is 404 g/mol. The summed E-state index contributed by atoms with van der Waals surface area (Å²) < 4.78 is 1.82. The number of imidazole rings is 1. The summed E-state index contributed by atoms with van der Waals surface area (Å²) in [6, 6.07) is 14.9. The van der Waals surface area contributed by atoms with E-state index < -0.39 is 0 Å². The number of benzene rings is 2. The molecule has 2 fully saturated rings. The van der Waals surface area contributed by atoms with Gasteiger partial charge in [0.1, 0.15) is 0 Å². The van der Waals surface area contributed by atoms with Crippen molar-refractivity contribution in [2.45, 2.75) is 31.7 Å². The highest BCUT2D eigenvalue weighted by Crippen LogP contribution is 2.30. The van der Waals surface area contributed by atoms with Crippen molar-refractivity contribution in [2.75, 3.05) is 18.4 Å². The van der Waals surface area contributed by atoms with Gasteiger partial charge in [0.15, 0.2) is 0 Å². The number of para-hydroxylation sites is 2. The van der Waals surface area contributed by atoms with Gasteiger partial charge in [0.2, 0.25) is 5.91 Å². The Morgan fingerprint density at radius 3 is 2.50 bits per heavy atom. The van der Waals surface area contributed by atoms with Crippen molar-refractivity contribution in [1.82, 2.24) is 14.5 Å². The van der Waals surface area contributed by atoms with Gasteiger partial charge in [0.05, 0.1) is 11.0 Å². The predicted molar refractivity (Wildman–Crippen MR) is 115 cm³/mol. The van der Waals surface area contributed by atoms with E-state index in [-0.39, 0.29) is 29.5 Å². The summed E-state index contributed by atoms with van der Waals surface area (Å²) in [7, 11) is 0. The first-order valence-electron chi connectivity index (χ1n) is 10.5. The van der Waals surface area contributed by atoms with Gasteiger partial charge in [0.25, 0.3) is 5.91 Å². The Hall–Kier alpha value is -3.35. The summed E-state index contributed by atoms with van der Waals surface area (Å²) >= 11 is 0. The highest BCUT2D eigenvalue weighted by Gasteiger charge is 2.30. The highest BCUT2D eigenvalue weighted by atomic mass is 16.2. The Morgan fingerprint density at radius 1 is 0.967 bits per heavy atom. The maximum absolute atomic E-state index is 13.0. The number of anilines is 1. The van der Waals surface area contributed by atoms with Gasteiger partial charge in [-0.1, -0.05) is 18.2 Å². The number of rotatable bonds is 4. The fourth-order valence-corrected chi connectivity index (χ4v) is 4.27. The topological polar surface area (TPSA) is 87.2 Å². The Balaban J connectivity index is 1.27. The lowest BCUT2D eigenvalue weighted by atomic mass is 10.0. The van der Waals surface area contributed by atoms with E-state index in [2.05, 4.69) is 10.3 Å². The van der Waals surface area contributed by atoms with Crippen molar-refractivity contribution < 1.29 is 9.59 Å².